The van der Waals surface area contributed by atoms with Crippen LogP contribution >= 0.6 is 0 Å². The lowest BCUT2D eigenvalue weighted by Crippen LogP contribution is -2.39. The lowest BCUT2D eigenvalue weighted by molar-refractivity contribution is -0.242. The van der Waals surface area contributed by atoms with Crippen molar-refractivity contribution in [3.63, 3.8) is 0 Å². The van der Waals surface area contributed by atoms with Crippen LogP contribution in [0.1, 0.15) is 206 Å². The second-order valence-electron chi connectivity index (χ2n) is 13.8. The van der Waals surface area contributed by atoms with Gasteiger partial charge in [-0.25, -0.2) is 0 Å². The molecule has 0 saturated heterocycles. The van der Waals surface area contributed by atoms with E-state index in [9.17, 15) is 20.4 Å². The molecule has 0 amide bonds. The first-order valence-electron chi connectivity index (χ1n) is 19.6. The zero-order chi connectivity index (χ0) is 33.2. The van der Waals surface area contributed by atoms with Gasteiger partial charge in [0.25, 0.3) is 0 Å². The maximum Gasteiger partial charge on any atom is 0.186 e. The first kappa shape index (κ1) is 44.3. The molecule has 5 heteroatoms. The number of rotatable bonds is 36. The van der Waals surface area contributed by atoms with Crippen LogP contribution in [0.5, 0.6) is 0 Å². The fraction of sp³-hybridized carbons (Fsp3) is 0.900. The Morgan fingerprint density at radius 1 is 0.356 bits per heavy atom. The Morgan fingerprint density at radius 3 is 0.889 bits per heavy atom. The van der Waals surface area contributed by atoms with Gasteiger partial charge in [-0.05, 0) is 64.2 Å². The maximum atomic E-state index is 10.2. The summed E-state index contributed by atoms with van der Waals surface area (Å²) in [4.78, 5) is 0. The minimum atomic E-state index is -1.92. The van der Waals surface area contributed by atoms with Crippen LogP contribution in [-0.2, 0) is 4.74 Å². The molecular weight excluding hydrogens is 560 g/mol. The van der Waals surface area contributed by atoms with Crippen molar-refractivity contribution >= 4 is 0 Å². The normalized spacial score (nSPS) is 12.8. The van der Waals surface area contributed by atoms with Gasteiger partial charge in [0.1, 0.15) is 13.2 Å². The highest BCUT2D eigenvalue weighted by molar-refractivity contribution is 4.82. The minimum absolute atomic E-state index is 0.243. The monoisotopic (exact) mass is 639 g/mol. The van der Waals surface area contributed by atoms with Crippen LogP contribution in [0.2, 0.25) is 0 Å². The smallest absolute Gasteiger partial charge is 0.186 e. The van der Waals surface area contributed by atoms with Gasteiger partial charge in [-0.1, -0.05) is 154 Å². The van der Waals surface area contributed by atoms with Crippen molar-refractivity contribution in [1.29, 1.82) is 0 Å². The van der Waals surface area contributed by atoms with Crippen molar-refractivity contribution in [1.82, 2.24) is 0 Å². The molecule has 0 saturated carbocycles. The van der Waals surface area contributed by atoms with E-state index in [4.69, 9.17) is 4.74 Å². The van der Waals surface area contributed by atoms with E-state index in [0.717, 1.165) is 51.4 Å². The van der Waals surface area contributed by atoms with Crippen molar-refractivity contribution in [2.45, 2.75) is 218 Å². The highest BCUT2D eigenvalue weighted by Gasteiger charge is 2.27. The Balaban J connectivity index is 3.57. The number of allylic oxidation sites excluding steroid dienone is 4. The fourth-order valence-electron chi connectivity index (χ4n) is 5.83. The van der Waals surface area contributed by atoms with Gasteiger partial charge >= 0.3 is 0 Å². The molecule has 0 aliphatic rings. The summed E-state index contributed by atoms with van der Waals surface area (Å²) in [6, 6.07) is 0. The molecule has 0 bridgehead atoms. The van der Waals surface area contributed by atoms with Crippen LogP contribution in [0.25, 0.3) is 0 Å². The van der Waals surface area contributed by atoms with Crippen LogP contribution in [0.4, 0.5) is 0 Å². The molecule has 0 fully saturated rings. The number of hydrogen-bond acceptors (Lipinski definition) is 5. The summed E-state index contributed by atoms with van der Waals surface area (Å²) < 4.78 is 5.31. The molecule has 0 radical (unpaired) electrons. The molecule has 0 aliphatic heterocycles. The number of ether oxygens (including phenoxy) is 1. The molecule has 0 heterocycles. The molecule has 0 aromatic rings. The summed E-state index contributed by atoms with van der Waals surface area (Å²) in [5, 5.41) is 40.8. The third kappa shape index (κ3) is 36.0. The van der Waals surface area contributed by atoms with Crippen LogP contribution in [0, 0.1) is 0 Å². The van der Waals surface area contributed by atoms with Crippen LogP contribution < -0.4 is 0 Å². The zero-order valence-corrected chi connectivity index (χ0v) is 30.1. The Labute approximate surface area is 280 Å². The molecule has 0 unspecified atom stereocenters. The minimum Gasteiger partial charge on any atom is -0.370 e. The summed E-state index contributed by atoms with van der Waals surface area (Å²) in [7, 11) is 0. The van der Waals surface area contributed by atoms with E-state index in [0.29, 0.717) is 0 Å². The average molecular weight is 639 g/mol. The lowest BCUT2D eigenvalue weighted by Gasteiger charge is -2.26. The second kappa shape index (κ2) is 33.2. The van der Waals surface area contributed by atoms with Crippen molar-refractivity contribution in [2.75, 3.05) is 13.2 Å². The first-order valence-corrected chi connectivity index (χ1v) is 19.6. The van der Waals surface area contributed by atoms with Crippen LogP contribution in [-0.4, -0.2) is 45.2 Å². The van der Waals surface area contributed by atoms with E-state index in [1.54, 1.807) is 0 Å². The summed E-state index contributed by atoms with van der Waals surface area (Å²) >= 11 is 0. The van der Waals surface area contributed by atoms with E-state index >= 15 is 0 Å². The van der Waals surface area contributed by atoms with Crippen molar-refractivity contribution in [3.05, 3.63) is 24.3 Å². The van der Waals surface area contributed by atoms with E-state index < -0.39 is 11.6 Å². The fourth-order valence-corrected chi connectivity index (χ4v) is 5.83. The van der Waals surface area contributed by atoms with E-state index in [1.165, 1.54) is 128 Å². The Kier molecular flexibility index (Phi) is 32.7. The largest absolute Gasteiger partial charge is 0.370 e. The molecular formula is C40H78O5. The van der Waals surface area contributed by atoms with Gasteiger partial charge in [-0.15, -0.1) is 0 Å². The molecule has 0 rings (SSSR count). The van der Waals surface area contributed by atoms with Crippen molar-refractivity contribution in [3.8, 4) is 0 Å². The Bertz CT molecular complexity index is 589. The predicted octanol–water partition coefficient (Wildman–Crippen LogP) is 11.2. The molecule has 0 atom stereocenters. The summed E-state index contributed by atoms with van der Waals surface area (Å²) in [6.45, 7) is 3.93. The highest BCUT2D eigenvalue weighted by atomic mass is 16.6. The maximum absolute atomic E-state index is 10.2. The molecule has 5 nitrogen and oxygen atoms in total. The second-order valence-corrected chi connectivity index (χ2v) is 13.8. The van der Waals surface area contributed by atoms with Crippen molar-refractivity contribution < 1.29 is 25.2 Å². The molecule has 268 valence electrons. The molecule has 0 aromatic carbocycles. The topological polar surface area (TPSA) is 90.2 Å². The standard InChI is InChI=1S/C40H78O5/c1-3-5-7-9-11-13-15-17-19-21-23-25-27-29-31-33-35-39(41,42)37-45-38-40(43,44)36-34-32-30-28-26-24-22-20-18-16-14-12-10-8-6-4-2/h17-20,41-44H,3-16,21-38H2,1-2H3/b19-17-,20-18-. The quantitative estimate of drug-likeness (QED) is 0.0311. The van der Waals surface area contributed by atoms with E-state index in [-0.39, 0.29) is 26.1 Å². The lowest BCUT2D eigenvalue weighted by atomic mass is 10.0. The summed E-state index contributed by atoms with van der Waals surface area (Å²) in [5.74, 6) is -3.83. The van der Waals surface area contributed by atoms with Gasteiger partial charge in [-0.3, -0.25) is 0 Å². The third-order valence-electron chi connectivity index (χ3n) is 8.84. The highest BCUT2D eigenvalue weighted by Crippen LogP contribution is 2.18. The average Bonchev–Trinajstić information content (AvgIpc) is 3.00. The first-order chi connectivity index (χ1) is 21.8. The Hall–Kier alpha value is -0.720. The van der Waals surface area contributed by atoms with Gasteiger partial charge in [-0.2, -0.15) is 0 Å². The van der Waals surface area contributed by atoms with Gasteiger partial charge in [0.15, 0.2) is 11.6 Å². The summed E-state index contributed by atoms with van der Waals surface area (Å²) in [6.07, 6.45) is 43.8. The zero-order valence-electron chi connectivity index (χ0n) is 30.1. The number of unbranched alkanes of at least 4 members (excludes halogenated alkanes) is 24. The van der Waals surface area contributed by atoms with E-state index in [1.807, 2.05) is 0 Å². The third-order valence-corrected chi connectivity index (χ3v) is 8.84. The van der Waals surface area contributed by atoms with Crippen LogP contribution in [0.15, 0.2) is 24.3 Å². The van der Waals surface area contributed by atoms with Gasteiger partial charge in [0.05, 0.1) is 0 Å². The van der Waals surface area contributed by atoms with Gasteiger partial charge < -0.3 is 25.2 Å². The SMILES string of the molecule is CCCCCCCC/C=C\CCCCCCCCC(O)(O)COCC(O)(O)CCCCCCCC/C=C\CCCCCCCC. The Morgan fingerprint density at radius 2 is 0.600 bits per heavy atom. The molecule has 4 N–H and O–H groups in total. The van der Waals surface area contributed by atoms with Crippen LogP contribution in [0.3, 0.4) is 0 Å². The molecule has 45 heavy (non-hydrogen) atoms. The van der Waals surface area contributed by atoms with Gasteiger partial charge in [0, 0.05) is 12.8 Å². The van der Waals surface area contributed by atoms with E-state index in [2.05, 4.69) is 38.2 Å². The summed E-state index contributed by atoms with van der Waals surface area (Å²) in [5.41, 5.74) is 0. The molecule has 0 aromatic heterocycles. The number of hydrogen-bond donors (Lipinski definition) is 4. The molecule has 0 spiro atoms. The number of aliphatic hydroxyl groups is 4. The van der Waals surface area contributed by atoms with Gasteiger partial charge in [0.2, 0.25) is 0 Å². The van der Waals surface area contributed by atoms with Crippen molar-refractivity contribution in [2.24, 2.45) is 0 Å². The molecule has 0 aliphatic carbocycles. The predicted molar refractivity (Wildman–Crippen MR) is 193 cm³/mol.